The van der Waals surface area contributed by atoms with Gasteiger partial charge in [0.15, 0.2) is 0 Å². The summed E-state index contributed by atoms with van der Waals surface area (Å²) in [7, 11) is 10.1. The highest BCUT2D eigenvalue weighted by atomic mass is 16.2. The Morgan fingerprint density at radius 1 is 1.15 bits per heavy atom. The minimum absolute atomic E-state index is 0.237. The predicted molar refractivity (Wildman–Crippen MR) is 55.4 cm³/mol. The van der Waals surface area contributed by atoms with Gasteiger partial charge in [-0.05, 0) is 12.8 Å². The van der Waals surface area contributed by atoms with E-state index in [1.54, 1.807) is 4.90 Å². The van der Waals surface area contributed by atoms with Crippen LogP contribution >= 0.6 is 0 Å². The molecule has 1 amide bonds. The Kier molecular flexibility index (Phi) is 4.99. The molecular weight excluding hydrogens is 164 g/mol. The molecule has 0 rings (SSSR count). The second-order valence-electron chi connectivity index (χ2n) is 4.76. The van der Waals surface area contributed by atoms with E-state index in [1.165, 1.54) is 0 Å². The van der Waals surface area contributed by atoms with E-state index in [2.05, 4.69) is 21.1 Å². The molecule has 0 atom stereocenters. The van der Waals surface area contributed by atoms with Crippen LogP contribution in [0.1, 0.15) is 19.3 Å². The van der Waals surface area contributed by atoms with E-state index in [0.717, 1.165) is 23.9 Å². The average molecular weight is 187 g/mol. The molecule has 0 aromatic heterocycles. The first-order chi connectivity index (χ1) is 5.83. The lowest BCUT2D eigenvalue weighted by atomic mass is 10.2. The van der Waals surface area contributed by atoms with Crippen molar-refractivity contribution in [3.05, 3.63) is 0 Å². The molecule has 0 aliphatic heterocycles. The topological polar surface area (TPSA) is 20.3 Å². The molecule has 3 nitrogen and oxygen atoms in total. The number of rotatable bonds is 5. The summed E-state index contributed by atoms with van der Waals surface area (Å²) in [6, 6.07) is 0. The lowest BCUT2D eigenvalue weighted by molar-refractivity contribution is -0.870. The molecule has 0 aromatic rings. The Bertz CT molecular complexity index is 159. The third-order valence-electron chi connectivity index (χ3n) is 1.97. The van der Waals surface area contributed by atoms with Crippen LogP contribution in [-0.2, 0) is 4.79 Å². The Hall–Kier alpha value is -0.570. The van der Waals surface area contributed by atoms with Crippen molar-refractivity contribution in [3.63, 3.8) is 0 Å². The summed E-state index contributed by atoms with van der Waals surface area (Å²) in [5.74, 6) is 0.237. The van der Waals surface area contributed by atoms with Crippen LogP contribution < -0.4 is 0 Å². The molecule has 78 valence electrons. The molecule has 0 spiro atoms. The molecule has 0 radical (unpaired) electrons. The van der Waals surface area contributed by atoms with E-state index in [1.807, 2.05) is 14.1 Å². The minimum atomic E-state index is 0.237. The van der Waals surface area contributed by atoms with Crippen molar-refractivity contribution >= 4 is 5.91 Å². The zero-order chi connectivity index (χ0) is 10.5. The fraction of sp³-hybridized carbons (Fsp3) is 0.900. The van der Waals surface area contributed by atoms with E-state index in [0.29, 0.717) is 6.42 Å². The third-order valence-corrected chi connectivity index (χ3v) is 1.97. The van der Waals surface area contributed by atoms with Gasteiger partial charge in [-0.1, -0.05) is 0 Å². The largest absolute Gasteiger partial charge is 0.349 e. The molecule has 0 aromatic carbocycles. The lowest BCUT2D eigenvalue weighted by Crippen LogP contribution is -2.35. The van der Waals surface area contributed by atoms with Crippen molar-refractivity contribution in [2.75, 3.05) is 41.8 Å². The van der Waals surface area contributed by atoms with Crippen molar-refractivity contribution in [1.29, 1.82) is 0 Å². The summed E-state index contributed by atoms with van der Waals surface area (Å²) >= 11 is 0. The maximum Gasteiger partial charge on any atom is 0.222 e. The summed E-state index contributed by atoms with van der Waals surface area (Å²) in [6.45, 7) is 1.14. The number of quaternary nitrogens is 1. The van der Waals surface area contributed by atoms with Crippen LogP contribution in [0.4, 0.5) is 0 Å². The molecular formula is C10H23N2O+. The van der Waals surface area contributed by atoms with E-state index in [-0.39, 0.29) is 5.91 Å². The third kappa shape index (κ3) is 7.78. The van der Waals surface area contributed by atoms with Gasteiger partial charge in [-0.25, -0.2) is 0 Å². The molecule has 0 unspecified atom stereocenters. The maximum absolute atomic E-state index is 11.2. The highest BCUT2D eigenvalue weighted by molar-refractivity contribution is 5.75. The standard InChI is InChI=1S/C10H23N2O/c1-11(2)10(13)8-6-7-9-12(3,4)5/h6-9H2,1-5H3/q+1. The number of hydrogen-bond donors (Lipinski definition) is 0. The molecule has 0 saturated heterocycles. The quantitative estimate of drug-likeness (QED) is 0.463. The number of nitrogens with zero attached hydrogens (tertiary/aromatic N) is 2. The highest BCUT2D eigenvalue weighted by Gasteiger charge is 2.07. The van der Waals surface area contributed by atoms with Crippen LogP contribution in [0, 0.1) is 0 Å². The fourth-order valence-electron chi connectivity index (χ4n) is 1.09. The van der Waals surface area contributed by atoms with Gasteiger partial charge in [-0.15, -0.1) is 0 Å². The zero-order valence-electron chi connectivity index (χ0n) is 9.63. The number of carbonyl (C=O) groups excluding carboxylic acids is 1. The average Bonchev–Trinajstić information content (AvgIpc) is 1.95. The van der Waals surface area contributed by atoms with Gasteiger partial charge in [0.1, 0.15) is 0 Å². The normalized spacial score (nSPS) is 11.5. The molecule has 0 heterocycles. The van der Waals surface area contributed by atoms with E-state index in [4.69, 9.17) is 0 Å². The number of hydrogen-bond acceptors (Lipinski definition) is 1. The van der Waals surface area contributed by atoms with Gasteiger partial charge in [0.05, 0.1) is 27.7 Å². The molecule has 0 aliphatic carbocycles. The number of amides is 1. The Balaban J connectivity index is 3.42. The number of carbonyl (C=O) groups is 1. The van der Waals surface area contributed by atoms with Gasteiger partial charge in [-0.3, -0.25) is 4.79 Å². The van der Waals surface area contributed by atoms with Crippen molar-refractivity contribution < 1.29 is 9.28 Å². The predicted octanol–water partition coefficient (Wildman–Crippen LogP) is 0.951. The summed E-state index contributed by atoms with van der Waals surface area (Å²) in [5.41, 5.74) is 0. The van der Waals surface area contributed by atoms with Crippen LogP contribution in [0.5, 0.6) is 0 Å². The Labute approximate surface area is 81.9 Å². The fourth-order valence-corrected chi connectivity index (χ4v) is 1.09. The summed E-state index contributed by atoms with van der Waals surface area (Å²) < 4.78 is 0.982. The summed E-state index contributed by atoms with van der Waals surface area (Å²) in [5, 5.41) is 0. The molecule has 0 fully saturated rings. The molecule has 0 N–H and O–H groups in total. The molecule has 3 heteroatoms. The maximum atomic E-state index is 11.2. The first-order valence-corrected chi connectivity index (χ1v) is 4.83. The van der Waals surface area contributed by atoms with Gasteiger partial charge in [0.25, 0.3) is 0 Å². The van der Waals surface area contributed by atoms with Crippen LogP contribution in [0.3, 0.4) is 0 Å². The van der Waals surface area contributed by atoms with Crippen molar-refractivity contribution in [2.24, 2.45) is 0 Å². The molecule has 0 saturated carbocycles. The smallest absolute Gasteiger partial charge is 0.222 e. The van der Waals surface area contributed by atoms with Gasteiger partial charge >= 0.3 is 0 Å². The molecule has 13 heavy (non-hydrogen) atoms. The van der Waals surface area contributed by atoms with Gasteiger partial charge in [0.2, 0.25) is 5.91 Å². The van der Waals surface area contributed by atoms with Crippen LogP contribution in [-0.4, -0.2) is 57.1 Å². The Morgan fingerprint density at radius 2 is 1.69 bits per heavy atom. The molecule has 0 aliphatic rings. The van der Waals surface area contributed by atoms with E-state index >= 15 is 0 Å². The highest BCUT2D eigenvalue weighted by Crippen LogP contribution is 2.01. The molecule has 0 bridgehead atoms. The van der Waals surface area contributed by atoms with E-state index < -0.39 is 0 Å². The minimum Gasteiger partial charge on any atom is -0.349 e. The first-order valence-electron chi connectivity index (χ1n) is 4.83. The van der Waals surface area contributed by atoms with Crippen molar-refractivity contribution in [1.82, 2.24) is 4.90 Å². The van der Waals surface area contributed by atoms with Crippen molar-refractivity contribution in [2.45, 2.75) is 19.3 Å². The second-order valence-corrected chi connectivity index (χ2v) is 4.76. The van der Waals surface area contributed by atoms with E-state index in [9.17, 15) is 4.79 Å². The summed E-state index contributed by atoms with van der Waals surface area (Å²) in [6.07, 6.45) is 2.82. The Morgan fingerprint density at radius 3 is 2.08 bits per heavy atom. The van der Waals surface area contributed by atoms with Gasteiger partial charge in [0, 0.05) is 20.5 Å². The van der Waals surface area contributed by atoms with Crippen LogP contribution in [0.25, 0.3) is 0 Å². The van der Waals surface area contributed by atoms with Crippen LogP contribution in [0.2, 0.25) is 0 Å². The second kappa shape index (κ2) is 5.22. The first kappa shape index (κ1) is 12.4. The van der Waals surface area contributed by atoms with Crippen molar-refractivity contribution in [3.8, 4) is 0 Å². The number of unbranched alkanes of at least 4 members (excludes halogenated alkanes) is 1. The van der Waals surface area contributed by atoms with Gasteiger partial charge < -0.3 is 9.38 Å². The lowest BCUT2D eigenvalue weighted by Gasteiger charge is -2.23. The van der Waals surface area contributed by atoms with Crippen LogP contribution in [0.15, 0.2) is 0 Å². The van der Waals surface area contributed by atoms with Gasteiger partial charge in [-0.2, -0.15) is 0 Å². The zero-order valence-corrected chi connectivity index (χ0v) is 9.63. The monoisotopic (exact) mass is 187 g/mol. The summed E-state index contributed by atoms with van der Waals surface area (Å²) in [4.78, 5) is 12.8. The SMILES string of the molecule is CN(C)C(=O)CCCC[N+](C)(C)C.